The second-order valence-corrected chi connectivity index (χ2v) is 9.23. The van der Waals surface area contributed by atoms with E-state index < -0.39 is 11.2 Å². The van der Waals surface area contributed by atoms with Crippen molar-refractivity contribution in [2.45, 2.75) is 45.7 Å². The predicted molar refractivity (Wildman–Crippen MR) is 132 cm³/mol. The molecule has 3 rings (SSSR count). The molecular formula is C24H35N7O3. The van der Waals surface area contributed by atoms with Crippen molar-refractivity contribution in [2.24, 2.45) is 5.73 Å². The van der Waals surface area contributed by atoms with Crippen LogP contribution in [0.3, 0.4) is 0 Å². The van der Waals surface area contributed by atoms with Gasteiger partial charge in [0.15, 0.2) is 0 Å². The van der Waals surface area contributed by atoms with Crippen LogP contribution in [0.4, 0.5) is 10.6 Å². The maximum Gasteiger partial charge on any atom is 0.354 e. The third-order valence-electron chi connectivity index (χ3n) is 5.75. The summed E-state index contributed by atoms with van der Waals surface area (Å²) in [5.74, 6) is 0.0435. The highest BCUT2D eigenvalue weighted by molar-refractivity contribution is 5.89. The number of anilines is 1. The molecule has 1 aliphatic heterocycles. The third kappa shape index (κ3) is 6.42. The van der Waals surface area contributed by atoms with Gasteiger partial charge in [-0.15, -0.1) is 0 Å². The first-order valence-corrected chi connectivity index (χ1v) is 11.6. The number of aromatic nitrogens is 2. The first-order valence-electron chi connectivity index (χ1n) is 11.6. The summed E-state index contributed by atoms with van der Waals surface area (Å²) in [4.78, 5) is 44.8. The van der Waals surface area contributed by atoms with Gasteiger partial charge in [0.1, 0.15) is 5.82 Å². The zero-order valence-corrected chi connectivity index (χ0v) is 20.4. The number of nitrogens with two attached hydrogens (primary N) is 1. The Bertz CT molecular complexity index is 1050. The first-order chi connectivity index (χ1) is 16.1. The summed E-state index contributed by atoms with van der Waals surface area (Å²) in [5.41, 5.74) is 6.35. The number of piperazine rings is 1. The van der Waals surface area contributed by atoms with Crippen molar-refractivity contribution in [1.82, 2.24) is 24.7 Å². The average molecular weight is 470 g/mol. The van der Waals surface area contributed by atoms with Crippen LogP contribution in [0.1, 0.15) is 33.3 Å². The van der Waals surface area contributed by atoms with Crippen molar-refractivity contribution in [3.8, 4) is 5.69 Å². The zero-order valence-electron chi connectivity index (χ0n) is 20.4. The topological polar surface area (TPSA) is 126 Å². The summed E-state index contributed by atoms with van der Waals surface area (Å²) in [6.45, 7) is 10.1. The molecule has 0 aliphatic carbocycles. The number of urea groups is 1. The Morgan fingerprint density at radius 2 is 1.71 bits per heavy atom. The SMILES string of the molecule is CCNC(C)Cc1ccc(-n2ccc(NC(=O)N3CCN(C(=O)C(C)(C)N)CC3)nc2=O)cc1. The van der Waals surface area contributed by atoms with Crippen molar-refractivity contribution in [3.63, 3.8) is 0 Å². The summed E-state index contributed by atoms with van der Waals surface area (Å²) >= 11 is 0. The molecule has 2 aromatic rings. The Morgan fingerprint density at radius 1 is 1.09 bits per heavy atom. The highest BCUT2D eigenvalue weighted by Crippen LogP contribution is 2.12. The lowest BCUT2D eigenvalue weighted by Gasteiger charge is -2.37. The number of likely N-dealkylation sites (N-methyl/N-ethyl adjacent to an activating group) is 1. The number of nitrogens with one attached hydrogen (secondary N) is 2. The lowest BCUT2D eigenvalue weighted by atomic mass is 10.1. The zero-order chi connectivity index (χ0) is 24.9. The Balaban J connectivity index is 1.59. The van der Waals surface area contributed by atoms with Gasteiger partial charge in [-0.25, -0.2) is 9.59 Å². The van der Waals surface area contributed by atoms with Gasteiger partial charge < -0.3 is 20.9 Å². The van der Waals surface area contributed by atoms with Gasteiger partial charge in [-0.05, 0) is 57.5 Å². The van der Waals surface area contributed by atoms with Crippen molar-refractivity contribution >= 4 is 17.8 Å². The summed E-state index contributed by atoms with van der Waals surface area (Å²) in [6, 6.07) is 9.39. The van der Waals surface area contributed by atoms with E-state index in [9.17, 15) is 14.4 Å². The van der Waals surface area contributed by atoms with Crippen molar-refractivity contribution in [1.29, 1.82) is 0 Å². The number of rotatable bonds is 7. The molecule has 4 N–H and O–H groups in total. The van der Waals surface area contributed by atoms with E-state index in [0.717, 1.165) is 13.0 Å². The number of hydrogen-bond donors (Lipinski definition) is 3. The van der Waals surface area contributed by atoms with Crippen molar-refractivity contribution < 1.29 is 9.59 Å². The maximum atomic E-state index is 12.6. The van der Waals surface area contributed by atoms with Crippen LogP contribution >= 0.6 is 0 Å². The van der Waals surface area contributed by atoms with Crippen LogP contribution in [-0.4, -0.2) is 75.6 Å². The summed E-state index contributed by atoms with van der Waals surface area (Å²) in [5, 5.41) is 6.06. The Kier molecular flexibility index (Phi) is 8.06. The second kappa shape index (κ2) is 10.8. The van der Waals surface area contributed by atoms with E-state index in [2.05, 4.69) is 29.5 Å². The van der Waals surface area contributed by atoms with E-state index in [0.29, 0.717) is 37.9 Å². The molecule has 10 heteroatoms. The molecule has 1 saturated heterocycles. The summed E-state index contributed by atoms with van der Waals surface area (Å²) in [6.07, 6.45) is 2.50. The summed E-state index contributed by atoms with van der Waals surface area (Å²) in [7, 11) is 0. The molecule has 1 aliphatic rings. The number of carbonyl (C=O) groups is 2. The second-order valence-electron chi connectivity index (χ2n) is 9.23. The van der Waals surface area contributed by atoms with Gasteiger partial charge in [0.25, 0.3) is 0 Å². The minimum atomic E-state index is -0.941. The van der Waals surface area contributed by atoms with E-state index in [4.69, 9.17) is 5.73 Å². The molecular weight excluding hydrogens is 434 g/mol. The van der Waals surface area contributed by atoms with Gasteiger partial charge in [0.2, 0.25) is 5.91 Å². The molecule has 1 fully saturated rings. The van der Waals surface area contributed by atoms with Crippen LogP contribution in [0.2, 0.25) is 0 Å². The normalized spacial score (nSPS) is 15.2. The molecule has 0 bridgehead atoms. The van der Waals surface area contributed by atoms with Crippen LogP contribution < -0.4 is 22.1 Å². The van der Waals surface area contributed by atoms with Gasteiger partial charge in [-0.2, -0.15) is 4.98 Å². The number of carbonyl (C=O) groups excluding carboxylic acids is 2. The van der Waals surface area contributed by atoms with Gasteiger partial charge in [-0.1, -0.05) is 19.1 Å². The summed E-state index contributed by atoms with van der Waals surface area (Å²) < 4.78 is 1.44. The van der Waals surface area contributed by atoms with Crippen molar-refractivity contribution in [3.05, 3.63) is 52.6 Å². The van der Waals surface area contributed by atoms with Gasteiger partial charge >= 0.3 is 11.7 Å². The first kappa shape index (κ1) is 25.4. The lowest BCUT2D eigenvalue weighted by Crippen LogP contribution is -2.58. The molecule has 1 aromatic heterocycles. The standard InChI is InChI=1S/C24H35N7O3/c1-5-26-17(2)16-18-6-8-19(9-7-18)31-11-10-20(28-23(31)34)27-22(33)30-14-12-29(13-15-30)21(32)24(3,4)25/h6-11,17,26H,5,12-16,25H2,1-4H3,(H,27,28,33,34). The highest BCUT2D eigenvalue weighted by Gasteiger charge is 2.31. The van der Waals surface area contributed by atoms with Gasteiger partial charge in [-0.3, -0.25) is 14.7 Å². The largest absolute Gasteiger partial charge is 0.354 e. The van der Waals surface area contributed by atoms with Gasteiger partial charge in [0.05, 0.1) is 11.2 Å². The fourth-order valence-electron chi connectivity index (χ4n) is 3.94. The molecule has 3 amide bonds. The Morgan fingerprint density at radius 3 is 2.26 bits per heavy atom. The van der Waals surface area contributed by atoms with Crippen LogP contribution in [0.5, 0.6) is 0 Å². The maximum absolute atomic E-state index is 12.6. The van der Waals surface area contributed by atoms with E-state index in [1.165, 1.54) is 10.1 Å². The van der Waals surface area contributed by atoms with E-state index in [-0.39, 0.29) is 17.8 Å². The van der Waals surface area contributed by atoms with Crippen LogP contribution in [0.15, 0.2) is 41.3 Å². The minimum Gasteiger partial charge on any atom is -0.338 e. The number of hydrogen-bond acceptors (Lipinski definition) is 6. The number of nitrogens with zero attached hydrogens (tertiary/aromatic N) is 4. The molecule has 1 atom stereocenters. The molecule has 34 heavy (non-hydrogen) atoms. The number of amides is 3. The van der Waals surface area contributed by atoms with Crippen LogP contribution in [0.25, 0.3) is 5.69 Å². The van der Waals surface area contributed by atoms with E-state index in [1.807, 2.05) is 24.3 Å². The molecule has 0 spiro atoms. The monoisotopic (exact) mass is 469 g/mol. The van der Waals surface area contributed by atoms with Crippen molar-refractivity contribution in [2.75, 3.05) is 38.0 Å². The van der Waals surface area contributed by atoms with E-state index >= 15 is 0 Å². The molecule has 10 nitrogen and oxygen atoms in total. The van der Waals surface area contributed by atoms with E-state index in [1.54, 1.807) is 35.9 Å². The highest BCUT2D eigenvalue weighted by atomic mass is 16.2. The third-order valence-corrected chi connectivity index (χ3v) is 5.75. The molecule has 184 valence electrons. The van der Waals surface area contributed by atoms with Crippen LogP contribution in [0, 0.1) is 0 Å². The average Bonchev–Trinajstić information content (AvgIpc) is 2.79. The fourth-order valence-corrected chi connectivity index (χ4v) is 3.94. The minimum absolute atomic E-state index is 0.141. The molecule has 2 heterocycles. The Labute approximate surface area is 200 Å². The number of benzene rings is 1. The quantitative estimate of drug-likeness (QED) is 0.559. The molecule has 1 aromatic carbocycles. The smallest absolute Gasteiger partial charge is 0.338 e. The lowest BCUT2D eigenvalue weighted by molar-refractivity contribution is -0.137. The Hall–Kier alpha value is -3.24. The fraction of sp³-hybridized carbons (Fsp3) is 0.500. The van der Waals surface area contributed by atoms with Gasteiger partial charge in [0, 0.05) is 38.4 Å². The molecule has 0 saturated carbocycles. The molecule has 0 radical (unpaired) electrons. The van der Waals surface area contributed by atoms with Crippen LogP contribution in [-0.2, 0) is 11.2 Å². The molecule has 1 unspecified atom stereocenters. The predicted octanol–water partition coefficient (Wildman–Crippen LogP) is 1.19.